The van der Waals surface area contributed by atoms with Gasteiger partial charge in [0.2, 0.25) is 0 Å². The number of fused-ring (bicyclic) bond motifs is 1. The third kappa shape index (κ3) is 5.12. The van der Waals surface area contributed by atoms with E-state index >= 15 is 0 Å². The summed E-state index contributed by atoms with van der Waals surface area (Å²) in [6, 6.07) is 13.1. The van der Waals surface area contributed by atoms with Gasteiger partial charge in [-0.15, -0.1) is 0 Å². The summed E-state index contributed by atoms with van der Waals surface area (Å²) in [5, 5.41) is 13.1. The second kappa shape index (κ2) is 9.37. The van der Waals surface area contributed by atoms with Crippen LogP contribution < -0.4 is 10.6 Å². The Labute approximate surface area is 178 Å². The molecule has 2 amide bonds. The van der Waals surface area contributed by atoms with Crippen LogP contribution in [0.3, 0.4) is 0 Å². The Morgan fingerprint density at radius 1 is 1.00 bits per heavy atom. The van der Waals surface area contributed by atoms with Gasteiger partial charge in [0.05, 0.1) is 17.2 Å². The molecule has 1 aromatic carbocycles. The van der Waals surface area contributed by atoms with E-state index in [2.05, 4.69) is 30.8 Å². The van der Waals surface area contributed by atoms with Crippen LogP contribution in [-0.2, 0) is 6.42 Å². The van der Waals surface area contributed by atoms with Crippen LogP contribution in [0.1, 0.15) is 18.4 Å². The fraction of sp³-hybridized carbons (Fsp3) is 0.182. The number of H-pyrrole nitrogens is 1. The maximum absolute atomic E-state index is 12.2. The quantitative estimate of drug-likeness (QED) is 0.373. The number of carbonyl (C=O) groups excluding carboxylic acids is 1. The number of unbranched alkanes of at least 4 members (excludes halogenated alkanes) is 1. The minimum Gasteiger partial charge on any atom is -0.338 e. The van der Waals surface area contributed by atoms with E-state index in [-0.39, 0.29) is 6.03 Å². The number of hydrogen-bond donors (Lipinski definition) is 3. The van der Waals surface area contributed by atoms with Gasteiger partial charge in [-0.2, -0.15) is 5.10 Å². The zero-order valence-electron chi connectivity index (χ0n) is 16.2. The van der Waals surface area contributed by atoms with Crippen LogP contribution in [0.5, 0.6) is 0 Å². The van der Waals surface area contributed by atoms with Crippen molar-refractivity contribution in [3.05, 3.63) is 71.6 Å². The van der Waals surface area contributed by atoms with Gasteiger partial charge in [-0.05, 0) is 55.2 Å². The van der Waals surface area contributed by atoms with E-state index in [9.17, 15) is 4.79 Å². The molecule has 0 bridgehead atoms. The van der Waals surface area contributed by atoms with Crippen LogP contribution in [0.15, 0.2) is 61.1 Å². The molecule has 3 aromatic heterocycles. The number of nitrogens with zero attached hydrogens (tertiary/aromatic N) is 3. The largest absolute Gasteiger partial charge is 0.338 e. The van der Waals surface area contributed by atoms with E-state index in [1.54, 1.807) is 24.7 Å². The highest BCUT2D eigenvalue weighted by molar-refractivity contribution is 6.30. The highest BCUT2D eigenvalue weighted by Crippen LogP contribution is 2.21. The summed E-state index contributed by atoms with van der Waals surface area (Å²) in [5.74, 6) is 0.479. The normalized spacial score (nSPS) is 10.8. The highest BCUT2D eigenvalue weighted by atomic mass is 35.5. The first kappa shape index (κ1) is 19.8. The molecular formula is C22H21ClN6O. The van der Waals surface area contributed by atoms with Crippen molar-refractivity contribution in [1.82, 2.24) is 25.5 Å². The summed E-state index contributed by atoms with van der Waals surface area (Å²) >= 11 is 5.89. The number of rotatable bonds is 7. The van der Waals surface area contributed by atoms with E-state index in [1.807, 2.05) is 36.4 Å². The van der Waals surface area contributed by atoms with Gasteiger partial charge in [-0.1, -0.05) is 23.7 Å². The second-order valence-electron chi connectivity index (χ2n) is 6.91. The number of amides is 2. The molecule has 0 radical (unpaired) electrons. The van der Waals surface area contributed by atoms with Crippen molar-refractivity contribution in [2.24, 2.45) is 0 Å². The Kier molecular flexibility index (Phi) is 6.20. The highest BCUT2D eigenvalue weighted by Gasteiger charge is 2.06. The van der Waals surface area contributed by atoms with E-state index in [1.165, 1.54) is 5.56 Å². The van der Waals surface area contributed by atoms with Gasteiger partial charge in [0.1, 0.15) is 5.82 Å². The average molecular weight is 421 g/mol. The maximum atomic E-state index is 12.2. The van der Waals surface area contributed by atoms with Crippen molar-refractivity contribution in [2.45, 2.75) is 19.3 Å². The Balaban J connectivity index is 1.27. The molecule has 0 saturated heterocycles. The standard InChI is InChI=1S/C22H21ClN6O/c23-18-6-4-15(5-7-18)3-1-2-10-24-22(30)29-21-9-8-19-20(28-21)11-16(12-25-19)17-13-26-27-14-17/h4-9,11-14H,1-3,10H2,(H,26,27)(H2,24,28,29,30). The number of benzene rings is 1. The predicted octanol–water partition coefficient (Wildman–Crippen LogP) is 4.82. The molecule has 0 aliphatic carbocycles. The molecule has 0 atom stereocenters. The van der Waals surface area contributed by atoms with Gasteiger partial charge in [0.15, 0.2) is 0 Å². The fourth-order valence-electron chi connectivity index (χ4n) is 3.11. The van der Waals surface area contributed by atoms with Crippen molar-refractivity contribution in [1.29, 1.82) is 0 Å². The van der Waals surface area contributed by atoms with Gasteiger partial charge >= 0.3 is 6.03 Å². The lowest BCUT2D eigenvalue weighted by molar-refractivity contribution is 0.252. The van der Waals surface area contributed by atoms with Gasteiger partial charge in [0, 0.05) is 35.1 Å². The van der Waals surface area contributed by atoms with Gasteiger partial charge in [0.25, 0.3) is 0 Å². The number of aromatic nitrogens is 4. The lowest BCUT2D eigenvalue weighted by atomic mass is 10.1. The Morgan fingerprint density at radius 2 is 1.87 bits per heavy atom. The first-order chi connectivity index (χ1) is 14.7. The molecule has 0 fully saturated rings. The van der Waals surface area contributed by atoms with Crippen molar-refractivity contribution >= 4 is 34.5 Å². The maximum Gasteiger partial charge on any atom is 0.320 e. The van der Waals surface area contributed by atoms with Crippen molar-refractivity contribution in [2.75, 3.05) is 11.9 Å². The minimum absolute atomic E-state index is 0.271. The number of pyridine rings is 2. The van der Waals surface area contributed by atoms with Crippen molar-refractivity contribution < 1.29 is 4.79 Å². The monoisotopic (exact) mass is 420 g/mol. The smallest absolute Gasteiger partial charge is 0.320 e. The average Bonchev–Trinajstić information content (AvgIpc) is 3.29. The van der Waals surface area contributed by atoms with Crippen LogP contribution in [0, 0.1) is 0 Å². The number of halogens is 1. The molecule has 7 nitrogen and oxygen atoms in total. The Bertz CT molecular complexity index is 1130. The molecule has 0 aliphatic heterocycles. The summed E-state index contributed by atoms with van der Waals surface area (Å²) in [6.45, 7) is 0.596. The Morgan fingerprint density at radius 3 is 2.67 bits per heavy atom. The van der Waals surface area contributed by atoms with Crippen LogP contribution in [0.2, 0.25) is 5.02 Å². The number of hydrogen-bond acceptors (Lipinski definition) is 4. The zero-order chi connectivity index (χ0) is 20.8. The summed E-state index contributed by atoms with van der Waals surface area (Å²) in [5.41, 5.74) is 4.55. The second-order valence-corrected chi connectivity index (χ2v) is 7.35. The number of aromatic amines is 1. The summed E-state index contributed by atoms with van der Waals surface area (Å²) in [6.07, 6.45) is 8.13. The number of aryl methyl sites for hydroxylation is 1. The lowest BCUT2D eigenvalue weighted by Gasteiger charge is -2.08. The molecule has 0 aliphatic rings. The number of anilines is 1. The molecule has 0 unspecified atom stereocenters. The summed E-state index contributed by atoms with van der Waals surface area (Å²) in [4.78, 5) is 21.1. The molecule has 0 saturated carbocycles. The molecule has 3 heterocycles. The minimum atomic E-state index is -0.271. The van der Waals surface area contributed by atoms with Crippen LogP contribution in [0.4, 0.5) is 10.6 Å². The van der Waals surface area contributed by atoms with E-state index < -0.39 is 0 Å². The molecule has 4 aromatic rings. The predicted molar refractivity (Wildman–Crippen MR) is 119 cm³/mol. The van der Waals surface area contributed by atoms with Crippen LogP contribution >= 0.6 is 11.6 Å². The first-order valence-electron chi connectivity index (χ1n) is 9.73. The molecule has 0 spiro atoms. The SMILES string of the molecule is O=C(NCCCCc1ccc(Cl)cc1)Nc1ccc2ncc(-c3cn[nH]c3)cc2n1. The van der Waals surface area contributed by atoms with Gasteiger partial charge < -0.3 is 5.32 Å². The Hall–Kier alpha value is -3.45. The third-order valence-electron chi connectivity index (χ3n) is 4.70. The fourth-order valence-corrected chi connectivity index (χ4v) is 3.24. The summed E-state index contributed by atoms with van der Waals surface area (Å²) < 4.78 is 0. The van der Waals surface area contributed by atoms with Gasteiger partial charge in [-0.25, -0.2) is 9.78 Å². The van der Waals surface area contributed by atoms with Crippen molar-refractivity contribution in [3.8, 4) is 11.1 Å². The van der Waals surface area contributed by atoms with Crippen molar-refractivity contribution in [3.63, 3.8) is 0 Å². The zero-order valence-corrected chi connectivity index (χ0v) is 17.0. The van der Waals surface area contributed by atoms with Gasteiger partial charge in [-0.3, -0.25) is 15.4 Å². The molecule has 8 heteroatoms. The topological polar surface area (TPSA) is 95.6 Å². The summed E-state index contributed by atoms with van der Waals surface area (Å²) in [7, 11) is 0. The first-order valence-corrected chi connectivity index (χ1v) is 10.1. The van der Waals surface area contributed by atoms with E-state index in [0.29, 0.717) is 17.9 Å². The van der Waals surface area contributed by atoms with Crippen LogP contribution in [0.25, 0.3) is 22.2 Å². The van der Waals surface area contributed by atoms with Crippen LogP contribution in [-0.4, -0.2) is 32.7 Å². The molecule has 4 rings (SSSR count). The number of nitrogens with one attached hydrogen (secondary N) is 3. The number of urea groups is 1. The lowest BCUT2D eigenvalue weighted by Crippen LogP contribution is -2.29. The van der Waals surface area contributed by atoms with E-state index in [4.69, 9.17) is 11.6 Å². The molecule has 3 N–H and O–H groups in total. The number of carbonyl (C=O) groups is 1. The van der Waals surface area contributed by atoms with E-state index in [0.717, 1.165) is 40.9 Å². The molecule has 30 heavy (non-hydrogen) atoms. The molecular weight excluding hydrogens is 400 g/mol. The molecule has 152 valence electrons. The third-order valence-corrected chi connectivity index (χ3v) is 4.95.